The molecule has 0 bridgehead atoms. The maximum absolute atomic E-state index is 12.8. The Morgan fingerprint density at radius 2 is 1.76 bits per heavy atom. The molecule has 7 heteroatoms. The number of benzene rings is 2. The smallest absolute Gasteiger partial charge is 0.407 e. The fraction of sp³-hybridized carbons (Fsp3) is 0.370. The minimum atomic E-state index is -1.01. The third-order valence-electron chi connectivity index (χ3n) is 7.03. The summed E-state index contributed by atoms with van der Waals surface area (Å²) in [5, 5.41) is 10.5. The Morgan fingerprint density at radius 3 is 2.50 bits per heavy atom. The summed E-state index contributed by atoms with van der Waals surface area (Å²) < 4.78 is 6.20. The zero-order valence-corrected chi connectivity index (χ0v) is 19.3. The molecule has 0 saturated carbocycles. The lowest BCUT2D eigenvalue weighted by Crippen LogP contribution is -2.50. The van der Waals surface area contributed by atoms with Crippen LogP contribution in [0.1, 0.15) is 31.2 Å². The quantitative estimate of drug-likeness (QED) is 0.610. The van der Waals surface area contributed by atoms with E-state index in [1.54, 1.807) is 4.90 Å². The summed E-state index contributed by atoms with van der Waals surface area (Å²) >= 11 is 0. The van der Waals surface area contributed by atoms with Gasteiger partial charge in [-0.2, -0.15) is 0 Å². The van der Waals surface area contributed by atoms with Crippen molar-refractivity contribution >= 4 is 22.9 Å². The summed E-state index contributed by atoms with van der Waals surface area (Å²) in [7, 11) is 0. The van der Waals surface area contributed by atoms with Crippen LogP contribution in [-0.2, 0) is 4.79 Å². The first-order valence-electron chi connectivity index (χ1n) is 11.9. The molecular formula is C27H29N3O4. The monoisotopic (exact) mass is 459 g/mol. The number of rotatable bonds is 4. The Hall–Kier alpha value is -3.61. The van der Waals surface area contributed by atoms with Gasteiger partial charge in [-0.1, -0.05) is 30.3 Å². The van der Waals surface area contributed by atoms with Crippen molar-refractivity contribution in [3.63, 3.8) is 0 Å². The van der Waals surface area contributed by atoms with E-state index in [-0.39, 0.29) is 12.0 Å². The average molecular weight is 460 g/mol. The van der Waals surface area contributed by atoms with E-state index >= 15 is 0 Å². The molecule has 2 aliphatic heterocycles. The van der Waals surface area contributed by atoms with Crippen LogP contribution >= 0.6 is 0 Å². The minimum absolute atomic E-state index is 0.0423. The number of hydrogen-bond donors (Lipinski definition) is 1. The summed E-state index contributed by atoms with van der Waals surface area (Å²) in [5.74, 6) is 0.751. The van der Waals surface area contributed by atoms with Gasteiger partial charge in [-0.15, -0.1) is 0 Å². The van der Waals surface area contributed by atoms with Gasteiger partial charge in [0.05, 0.1) is 5.52 Å². The number of pyridine rings is 1. The van der Waals surface area contributed by atoms with Gasteiger partial charge in [0.1, 0.15) is 17.9 Å². The molecule has 0 radical (unpaired) electrons. The number of aryl methyl sites for hydroxylation is 1. The van der Waals surface area contributed by atoms with Crippen molar-refractivity contribution in [3.8, 4) is 16.9 Å². The van der Waals surface area contributed by atoms with Crippen molar-refractivity contribution in [1.29, 1.82) is 0 Å². The first kappa shape index (κ1) is 22.2. The standard InChI is InChI=1S/C27H29N3O4/c1-18-23(11-8-20-4-2-14-28-25(18)20)19-6-9-21(10-7-19)34-22-12-16-29(17-13-22)26(31)24-5-3-15-30(24)27(32)33/h2,4,6-11,14,22,24H,3,5,12-13,15-17H2,1H3,(H,32,33)/t24-/m1/s1. The zero-order valence-electron chi connectivity index (χ0n) is 19.3. The molecule has 2 fully saturated rings. The molecule has 3 heterocycles. The van der Waals surface area contributed by atoms with Crippen molar-refractivity contribution in [2.75, 3.05) is 19.6 Å². The van der Waals surface area contributed by atoms with Crippen molar-refractivity contribution in [1.82, 2.24) is 14.8 Å². The highest BCUT2D eigenvalue weighted by Gasteiger charge is 2.37. The Kier molecular flexibility index (Phi) is 6.09. The van der Waals surface area contributed by atoms with Gasteiger partial charge in [0.15, 0.2) is 0 Å². The molecular weight excluding hydrogens is 430 g/mol. The maximum atomic E-state index is 12.8. The molecule has 0 spiro atoms. The van der Waals surface area contributed by atoms with E-state index in [9.17, 15) is 14.7 Å². The molecule has 2 aromatic carbocycles. The number of nitrogens with zero attached hydrogens (tertiary/aromatic N) is 3. The van der Waals surface area contributed by atoms with E-state index in [1.807, 2.05) is 24.4 Å². The largest absolute Gasteiger partial charge is 0.490 e. The molecule has 1 aromatic heterocycles. The fourth-order valence-corrected chi connectivity index (χ4v) is 5.17. The summed E-state index contributed by atoms with van der Waals surface area (Å²) in [4.78, 5) is 31.8. The number of aromatic nitrogens is 1. The van der Waals surface area contributed by atoms with Gasteiger partial charge < -0.3 is 14.7 Å². The number of hydrogen-bond acceptors (Lipinski definition) is 4. The Balaban J connectivity index is 1.19. The van der Waals surface area contributed by atoms with Crippen LogP contribution in [0.3, 0.4) is 0 Å². The summed E-state index contributed by atoms with van der Waals surface area (Å²) in [6, 6.07) is 15.9. The minimum Gasteiger partial charge on any atom is -0.490 e. The van der Waals surface area contributed by atoms with E-state index < -0.39 is 12.1 Å². The molecule has 0 unspecified atom stereocenters. The van der Waals surface area contributed by atoms with Crippen molar-refractivity contribution in [2.24, 2.45) is 0 Å². The van der Waals surface area contributed by atoms with Gasteiger partial charge in [-0.3, -0.25) is 14.7 Å². The van der Waals surface area contributed by atoms with Crippen molar-refractivity contribution in [2.45, 2.75) is 44.8 Å². The molecule has 5 rings (SSSR count). The van der Waals surface area contributed by atoms with E-state index in [0.717, 1.165) is 52.6 Å². The number of carbonyl (C=O) groups excluding carboxylic acids is 1. The average Bonchev–Trinajstić information content (AvgIpc) is 3.36. The molecule has 1 N–H and O–H groups in total. The van der Waals surface area contributed by atoms with Gasteiger partial charge in [0.2, 0.25) is 5.91 Å². The Bertz CT molecular complexity index is 1200. The van der Waals surface area contributed by atoms with E-state index in [0.29, 0.717) is 26.1 Å². The number of carboxylic acid groups (broad SMARTS) is 1. The first-order valence-corrected chi connectivity index (χ1v) is 11.9. The highest BCUT2D eigenvalue weighted by atomic mass is 16.5. The number of likely N-dealkylation sites (tertiary alicyclic amines) is 2. The molecule has 3 aromatic rings. The Morgan fingerprint density at radius 1 is 1.00 bits per heavy atom. The van der Waals surface area contributed by atoms with Gasteiger partial charge in [0, 0.05) is 44.1 Å². The normalized spacial score (nSPS) is 18.9. The lowest BCUT2D eigenvalue weighted by Gasteiger charge is -2.35. The van der Waals surface area contributed by atoms with Gasteiger partial charge in [-0.25, -0.2) is 4.79 Å². The van der Waals surface area contributed by atoms with Gasteiger partial charge >= 0.3 is 6.09 Å². The number of fused-ring (bicyclic) bond motifs is 1. The molecule has 7 nitrogen and oxygen atoms in total. The van der Waals surface area contributed by atoms with Crippen LogP contribution in [0.2, 0.25) is 0 Å². The molecule has 2 aliphatic rings. The topological polar surface area (TPSA) is 83.0 Å². The number of amides is 2. The molecule has 2 amide bonds. The van der Waals surface area contributed by atoms with Gasteiger partial charge in [0.25, 0.3) is 0 Å². The lowest BCUT2D eigenvalue weighted by atomic mass is 9.98. The van der Waals surface area contributed by atoms with Crippen LogP contribution in [-0.4, -0.2) is 63.7 Å². The van der Waals surface area contributed by atoms with Crippen molar-refractivity contribution < 1.29 is 19.4 Å². The first-order chi connectivity index (χ1) is 16.5. The van der Waals surface area contributed by atoms with Crippen LogP contribution in [0.5, 0.6) is 5.75 Å². The highest BCUT2D eigenvalue weighted by molar-refractivity contribution is 5.88. The third-order valence-corrected chi connectivity index (χ3v) is 7.03. The molecule has 176 valence electrons. The van der Waals surface area contributed by atoms with Crippen LogP contribution in [0.4, 0.5) is 4.79 Å². The lowest BCUT2D eigenvalue weighted by molar-refractivity contribution is -0.137. The molecule has 2 saturated heterocycles. The van der Waals surface area contributed by atoms with Crippen LogP contribution in [0.15, 0.2) is 54.7 Å². The second kappa shape index (κ2) is 9.33. The second-order valence-electron chi connectivity index (χ2n) is 9.11. The fourth-order valence-electron chi connectivity index (χ4n) is 5.17. The zero-order chi connectivity index (χ0) is 23.7. The molecule has 1 atom stereocenters. The van der Waals surface area contributed by atoms with Crippen LogP contribution in [0.25, 0.3) is 22.0 Å². The number of piperidine rings is 1. The van der Waals surface area contributed by atoms with Crippen LogP contribution < -0.4 is 4.74 Å². The van der Waals surface area contributed by atoms with E-state index in [4.69, 9.17) is 4.74 Å². The number of carbonyl (C=O) groups is 2. The Labute approximate surface area is 199 Å². The van der Waals surface area contributed by atoms with Gasteiger partial charge in [-0.05, 0) is 54.7 Å². The second-order valence-corrected chi connectivity index (χ2v) is 9.11. The summed E-state index contributed by atoms with van der Waals surface area (Å²) in [6.45, 7) is 3.73. The summed E-state index contributed by atoms with van der Waals surface area (Å²) in [6.07, 6.45) is 3.69. The van der Waals surface area contributed by atoms with E-state index in [1.165, 1.54) is 4.90 Å². The van der Waals surface area contributed by atoms with E-state index in [2.05, 4.69) is 42.2 Å². The predicted octanol–water partition coefficient (Wildman–Crippen LogP) is 4.72. The number of ether oxygens (including phenoxy) is 1. The van der Waals surface area contributed by atoms with Crippen LogP contribution in [0, 0.1) is 6.92 Å². The summed E-state index contributed by atoms with van der Waals surface area (Å²) in [5.41, 5.74) is 4.46. The molecule has 34 heavy (non-hydrogen) atoms. The predicted molar refractivity (Wildman–Crippen MR) is 130 cm³/mol. The molecule has 0 aliphatic carbocycles. The van der Waals surface area contributed by atoms with Crippen molar-refractivity contribution in [3.05, 3.63) is 60.3 Å². The highest BCUT2D eigenvalue weighted by Crippen LogP contribution is 2.30. The third kappa shape index (κ3) is 4.30. The maximum Gasteiger partial charge on any atom is 0.407 e. The SMILES string of the molecule is Cc1c(-c2ccc(OC3CCN(C(=O)[C@H]4CCCN4C(=O)O)CC3)cc2)ccc2cccnc12.